The number of halogens is 1. The Balaban J connectivity index is 1.40. The molecule has 2 aliphatic heterocycles. The fourth-order valence-corrected chi connectivity index (χ4v) is 6.04. The van der Waals surface area contributed by atoms with E-state index in [9.17, 15) is 18.5 Å². The molecule has 8 nitrogen and oxygen atoms in total. The van der Waals surface area contributed by atoms with Crippen LogP contribution in [0.15, 0.2) is 53.4 Å². The van der Waals surface area contributed by atoms with Crippen LogP contribution in [-0.2, 0) is 10.0 Å². The highest BCUT2D eigenvalue weighted by Crippen LogP contribution is 2.34. The van der Waals surface area contributed by atoms with Crippen molar-refractivity contribution in [3.05, 3.63) is 69.2 Å². The molecule has 0 saturated carbocycles. The summed E-state index contributed by atoms with van der Waals surface area (Å²) in [5.41, 5.74) is 7.46. The predicted octanol–water partition coefficient (Wildman–Crippen LogP) is 3.26. The SMILES string of the molecule is O=[N+]([O-])c1ccccc1S(=O)(=O)N1CCC(C2CC(c3ccc(Cl)cc3)NN2)CC1. The van der Waals surface area contributed by atoms with E-state index >= 15 is 0 Å². The van der Waals surface area contributed by atoms with Crippen LogP contribution in [0.25, 0.3) is 0 Å². The number of nitrogens with one attached hydrogen (secondary N) is 2. The number of sulfonamides is 1. The first kappa shape index (κ1) is 21.2. The van der Waals surface area contributed by atoms with Crippen LogP contribution in [0, 0.1) is 16.0 Å². The summed E-state index contributed by atoms with van der Waals surface area (Å²) in [5.74, 6) is 0.326. The molecule has 2 aromatic carbocycles. The van der Waals surface area contributed by atoms with Gasteiger partial charge in [-0.25, -0.2) is 8.42 Å². The van der Waals surface area contributed by atoms with Gasteiger partial charge in [-0.1, -0.05) is 35.9 Å². The number of nitrogens with zero attached hydrogens (tertiary/aromatic N) is 2. The molecular weight excluding hydrogens is 428 g/mol. The number of nitro groups is 1. The van der Waals surface area contributed by atoms with E-state index in [1.807, 2.05) is 24.3 Å². The molecule has 2 atom stereocenters. The third kappa shape index (κ3) is 4.21. The summed E-state index contributed by atoms with van der Waals surface area (Å²) in [4.78, 5) is 10.4. The average molecular weight is 451 g/mol. The molecule has 0 aromatic heterocycles. The molecule has 0 spiro atoms. The smallest absolute Gasteiger partial charge is 0.258 e. The predicted molar refractivity (Wildman–Crippen MR) is 113 cm³/mol. The number of piperidine rings is 1. The minimum atomic E-state index is -3.90. The van der Waals surface area contributed by atoms with Gasteiger partial charge in [0.2, 0.25) is 10.0 Å². The number of hydrogen-bond acceptors (Lipinski definition) is 6. The van der Waals surface area contributed by atoms with Gasteiger partial charge in [0.25, 0.3) is 5.69 Å². The van der Waals surface area contributed by atoms with Crippen LogP contribution in [0.3, 0.4) is 0 Å². The first-order valence-electron chi connectivity index (χ1n) is 9.86. The molecule has 2 heterocycles. The third-order valence-corrected chi connectivity index (χ3v) is 8.15. The van der Waals surface area contributed by atoms with E-state index in [2.05, 4.69) is 10.9 Å². The van der Waals surface area contributed by atoms with Gasteiger partial charge in [0.15, 0.2) is 4.90 Å². The maximum absolute atomic E-state index is 13.0. The third-order valence-electron chi connectivity index (χ3n) is 5.95. The van der Waals surface area contributed by atoms with Gasteiger partial charge in [-0.2, -0.15) is 4.31 Å². The lowest BCUT2D eigenvalue weighted by atomic mass is 9.87. The fraction of sp³-hybridized carbons (Fsp3) is 0.400. The topological polar surface area (TPSA) is 105 Å². The Labute approximate surface area is 180 Å². The molecule has 0 radical (unpaired) electrons. The van der Waals surface area contributed by atoms with Crippen molar-refractivity contribution in [3.63, 3.8) is 0 Å². The molecule has 2 fully saturated rings. The van der Waals surface area contributed by atoms with Gasteiger partial charge in [-0.15, -0.1) is 0 Å². The van der Waals surface area contributed by atoms with E-state index in [1.54, 1.807) is 0 Å². The second-order valence-corrected chi connectivity index (χ2v) is 10.0. The van der Waals surface area contributed by atoms with Crippen molar-refractivity contribution in [2.45, 2.75) is 36.2 Å². The van der Waals surface area contributed by atoms with Crippen LogP contribution in [0.2, 0.25) is 5.02 Å². The molecule has 0 bridgehead atoms. The first-order chi connectivity index (χ1) is 14.4. The summed E-state index contributed by atoms with van der Waals surface area (Å²) in [6, 6.07) is 13.7. The summed E-state index contributed by atoms with van der Waals surface area (Å²) in [7, 11) is -3.90. The van der Waals surface area contributed by atoms with Gasteiger partial charge in [0, 0.05) is 36.3 Å². The monoisotopic (exact) mass is 450 g/mol. The molecule has 2 aromatic rings. The van der Waals surface area contributed by atoms with Crippen LogP contribution in [0.5, 0.6) is 0 Å². The maximum atomic E-state index is 13.0. The van der Waals surface area contributed by atoms with E-state index in [0.29, 0.717) is 36.9 Å². The number of benzene rings is 2. The summed E-state index contributed by atoms with van der Waals surface area (Å²) >= 11 is 5.96. The van der Waals surface area contributed by atoms with E-state index in [0.717, 1.165) is 12.0 Å². The molecule has 30 heavy (non-hydrogen) atoms. The Morgan fingerprint density at radius 1 is 1.03 bits per heavy atom. The van der Waals surface area contributed by atoms with Gasteiger partial charge in [0.1, 0.15) is 0 Å². The molecule has 10 heteroatoms. The van der Waals surface area contributed by atoms with Crippen molar-refractivity contribution in [2.75, 3.05) is 13.1 Å². The van der Waals surface area contributed by atoms with E-state index in [1.165, 1.54) is 28.6 Å². The Hall–Kier alpha value is -2.04. The van der Waals surface area contributed by atoms with Crippen molar-refractivity contribution < 1.29 is 13.3 Å². The van der Waals surface area contributed by atoms with Crippen molar-refractivity contribution >= 4 is 27.3 Å². The molecule has 2 N–H and O–H groups in total. The summed E-state index contributed by atoms with van der Waals surface area (Å²) in [6.07, 6.45) is 2.31. The maximum Gasteiger partial charge on any atom is 0.289 e. The van der Waals surface area contributed by atoms with Gasteiger partial charge >= 0.3 is 0 Å². The van der Waals surface area contributed by atoms with Crippen molar-refractivity contribution in [2.24, 2.45) is 5.92 Å². The zero-order chi connectivity index (χ0) is 21.3. The molecule has 0 aliphatic carbocycles. The number of hydrogen-bond donors (Lipinski definition) is 2. The van der Waals surface area contributed by atoms with E-state index in [-0.39, 0.29) is 22.7 Å². The van der Waals surface area contributed by atoms with Crippen LogP contribution in [0.1, 0.15) is 30.9 Å². The number of rotatable bonds is 5. The van der Waals surface area contributed by atoms with E-state index < -0.39 is 14.9 Å². The molecule has 4 rings (SSSR count). The molecule has 0 amide bonds. The fourth-order valence-electron chi connectivity index (χ4n) is 4.29. The van der Waals surface area contributed by atoms with Crippen molar-refractivity contribution in [1.82, 2.24) is 15.2 Å². The van der Waals surface area contributed by atoms with Crippen molar-refractivity contribution in [1.29, 1.82) is 0 Å². The minimum Gasteiger partial charge on any atom is -0.258 e. The van der Waals surface area contributed by atoms with Gasteiger partial charge in [-0.05, 0) is 48.9 Å². The number of para-hydroxylation sites is 1. The van der Waals surface area contributed by atoms with Crippen LogP contribution in [0.4, 0.5) is 5.69 Å². The zero-order valence-corrected chi connectivity index (χ0v) is 17.8. The Morgan fingerprint density at radius 2 is 1.70 bits per heavy atom. The molecule has 2 saturated heterocycles. The van der Waals surface area contributed by atoms with Gasteiger partial charge < -0.3 is 0 Å². The van der Waals surface area contributed by atoms with E-state index in [4.69, 9.17) is 11.6 Å². The molecular formula is C20H23ClN4O4S. The second-order valence-electron chi connectivity index (χ2n) is 7.70. The standard InChI is InChI=1S/C20H23ClN4O4S/c21-16-7-5-14(6-8-16)17-13-18(23-22-17)15-9-11-24(12-10-15)30(28,29)20-4-2-1-3-19(20)25(26)27/h1-8,15,17-18,22-23H,9-13H2. The lowest BCUT2D eigenvalue weighted by Crippen LogP contribution is -2.44. The summed E-state index contributed by atoms with van der Waals surface area (Å²) < 4.78 is 27.3. The van der Waals surface area contributed by atoms with Gasteiger partial charge in [0.05, 0.1) is 4.92 Å². The Kier molecular flexibility index (Phi) is 6.08. The highest BCUT2D eigenvalue weighted by atomic mass is 35.5. The number of nitro benzene ring substituents is 1. The highest BCUT2D eigenvalue weighted by molar-refractivity contribution is 7.89. The first-order valence-corrected chi connectivity index (χ1v) is 11.7. The van der Waals surface area contributed by atoms with Crippen molar-refractivity contribution in [3.8, 4) is 0 Å². The van der Waals surface area contributed by atoms with Crippen LogP contribution in [-0.4, -0.2) is 36.8 Å². The van der Waals surface area contributed by atoms with Gasteiger partial charge in [-0.3, -0.25) is 21.0 Å². The van der Waals surface area contributed by atoms with Crippen LogP contribution < -0.4 is 10.9 Å². The zero-order valence-electron chi connectivity index (χ0n) is 16.2. The summed E-state index contributed by atoms with van der Waals surface area (Å²) in [5, 5.41) is 11.9. The van der Waals surface area contributed by atoms with Crippen LogP contribution >= 0.6 is 11.6 Å². The average Bonchev–Trinajstić information content (AvgIpc) is 3.24. The lowest BCUT2D eigenvalue weighted by molar-refractivity contribution is -0.387. The lowest BCUT2D eigenvalue weighted by Gasteiger charge is -2.33. The number of hydrazine groups is 1. The molecule has 160 valence electrons. The second kappa shape index (κ2) is 8.60. The normalized spacial score (nSPS) is 23.5. The quantitative estimate of drug-likeness (QED) is 0.535. The Morgan fingerprint density at radius 3 is 2.37 bits per heavy atom. The largest absolute Gasteiger partial charge is 0.289 e. The molecule has 2 aliphatic rings. The highest BCUT2D eigenvalue weighted by Gasteiger charge is 2.38. The minimum absolute atomic E-state index is 0.181. The Bertz CT molecular complexity index is 1020. The summed E-state index contributed by atoms with van der Waals surface area (Å²) in [6.45, 7) is 0.700. The molecule has 2 unspecified atom stereocenters.